The Morgan fingerprint density at radius 2 is 1.59 bits per heavy atom. The first-order chi connectivity index (χ1) is 11.7. The third-order valence-corrected chi connectivity index (χ3v) is 3.44. The van der Waals surface area contributed by atoms with E-state index in [1.165, 1.54) is 32.1 Å². The van der Waals surface area contributed by atoms with Gasteiger partial charge in [-0.25, -0.2) is 0 Å². The van der Waals surface area contributed by atoms with E-state index in [-0.39, 0.29) is 72.7 Å². The van der Waals surface area contributed by atoms with E-state index >= 15 is 0 Å². The van der Waals surface area contributed by atoms with Gasteiger partial charge in [0.25, 0.3) is 0 Å². The van der Waals surface area contributed by atoms with E-state index < -0.39 is 0 Å². The molecular formula is C19H40N6PtU-4. The fourth-order valence-corrected chi connectivity index (χ4v) is 2.22. The van der Waals surface area contributed by atoms with Crippen LogP contribution in [0, 0.1) is 44.5 Å². The molecule has 8 heteroatoms. The number of rotatable bonds is 4. The Bertz CT molecular complexity index is 336. The normalized spacial score (nSPS) is 13.0. The molecule has 0 radical (unpaired) electrons. The summed E-state index contributed by atoms with van der Waals surface area (Å²) in [5.41, 5.74) is 25.8. The van der Waals surface area contributed by atoms with Crippen molar-refractivity contribution in [2.75, 3.05) is 25.6 Å². The van der Waals surface area contributed by atoms with Crippen molar-refractivity contribution in [3.05, 3.63) is 48.8 Å². The van der Waals surface area contributed by atoms with Gasteiger partial charge >= 0.3 is 0 Å². The van der Waals surface area contributed by atoms with Crippen molar-refractivity contribution in [2.24, 2.45) is 11.7 Å². The molecule has 0 aliphatic heterocycles. The van der Waals surface area contributed by atoms with Crippen LogP contribution in [0.3, 0.4) is 0 Å². The first kappa shape index (κ1) is 38.2. The first-order valence-corrected chi connectivity index (χ1v) is 8.95. The maximum Gasteiger partial charge on any atom is 0.0287 e. The Balaban J connectivity index is -0.0000000858. The quantitative estimate of drug-likeness (QED) is 0.294. The Labute approximate surface area is 206 Å². The molecule has 0 amide bonds. The molecule has 0 saturated heterocycles. The number of aromatic nitrogens is 1. The molecular weight excluding hydrogens is 745 g/mol. The summed E-state index contributed by atoms with van der Waals surface area (Å²) in [6.45, 7) is 6.61. The molecule has 1 aliphatic carbocycles. The summed E-state index contributed by atoms with van der Waals surface area (Å²) in [5.74, 6) is 0.832. The van der Waals surface area contributed by atoms with Gasteiger partial charge in [-0.1, -0.05) is 33.1 Å². The molecule has 1 aliphatic rings. The molecule has 0 bridgehead atoms. The van der Waals surface area contributed by atoms with E-state index in [0.717, 1.165) is 11.6 Å². The van der Waals surface area contributed by atoms with E-state index in [1.807, 2.05) is 26.0 Å². The summed E-state index contributed by atoms with van der Waals surface area (Å²) in [6, 6.07) is 4.14. The molecule has 27 heavy (non-hydrogen) atoms. The average molecular weight is 786 g/mol. The summed E-state index contributed by atoms with van der Waals surface area (Å²) in [5, 5.41) is 0. The summed E-state index contributed by atoms with van der Waals surface area (Å²) in [6.07, 6.45) is 10.4. The summed E-state index contributed by atoms with van der Waals surface area (Å²) in [7, 11) is 1.69. The molecule has 1 fully saturated rings. The van der Waals surface area contributed by atoms with E-state index in [0.29, 0.717) is 6.04 Å². The van der Waals surface area contributed by atoms with Crippen molar-refractivity contribution < 1.29 is 52.2 Å². The van der Waals surface area contributed by atoms with Gasteiger partial charge < -0.3 is 35.5 Å². The first-order valence-electron chi connectivity index (χ1n) is 8.95. The van der Waals surface area contributed by atoms with Gasteiger partial charge in [0.1, 0.15) is 0 Å². The summed E-state index contributed by atoms with van der Waals surface area (Å²) < 4.78 is 0. The van der Waals surface area contributed by atoms with Gasteiger partial charge in [-0.15, -0.1) is 7.05 Å². The van der Waals surface area contributed by atoms with Gasteiger partial charge in [0.15, 0.2) is 0 Å². The fraction of sp³-hybridized carbons (Fsp3) is 0.684. The van der Waals surface area contributed by atoms with Crippen LogP contribution in [0.15, 0.2) is 24.5 Å². The van der Waals surface area contributed by atoms with Gasteiger partial charge in [0.05, 0.1) is 0 Å². The second-order valence-electron chi connectivity index (χ2n) is 5.33. The molecule has 1 aromatic rings. The van der Waals surface area contributed by atoms with Crippen LogP contribution in [0.1, 0.15) is 52.9 Å². The van der Waals surface area contributed by atoms with Crippen molar-refractivity contribution in [1.29, 1.82) is 0 Å². The SMILES string of the molecule is CC.CC(N)C1CCCCC1.C[N-]Nc1ccncc1.[CH3-].[NH-]CC[NH-].[Pt].[U]. The summed E-state index contributed by atoms with van der Waals surface area (Å²) >= 11 is 0. The number of hydrogen-bond acceptors (Lipinski definition) is 3. The Kier molecular flexibility index (Phi) is 44.2. The van der Waals surface area contributed by atoms with Crippen LogP contribution in [0.2, 0.25) is 0 Å². The van der Waals surface area contributed by atoms with Gasteiger partial charge in [-0.2, -0.15) is 13.1 Å². The van der Waals surface area contributed by atoms with Crippen LogP contribution in [-0.4, -0.2) is 31.2 Å². The average Bonchev–Trinajstić information content (AvgIpc) is 2.66. The summed E-state index contributed by atoms with van der Waals surface area (Å²) in [4.78, 5) is 3.85. The molecule has 6 nitrogen and oxygen atoms in total. The molecule has 164 valence electrons. The zero-order valence-corrected chi connectivity index (χ0v) is 24.1. The second kappa shape index (κ2) is 31.2. The predicted octanol–water partition coefficient (Wildman–Crippen LogP) is 5.89. The third kappa shape index (κ3) is 26.5. The van der Waals surface area contributed by atoms with Crippen LogP contribution < -0.4 is 11.2 Å². The monoisotopic (exact) mass is 785 g/mol. The minimum atomic E-state index is 0. The molecule has 5 N–H and O–H groups in total. The molecule has 2 rings (SSSR count). The maximum atomic E-state index is 6.26. The van der Waals surface area contributed by atoms with Gasteiger partial charge in [0, 0.05) is 76.3 Å². The fourth-order valence-electron chi connectivity index (χ4n) is 2.22. The van der Waals surface area contributed by atoms with Crippen LogP contribution >= 0.6 is 0 Å². The number of nitrogens with one attached hydrogen (secondary N) is 3. The van der Waals surface area contributed by atoms with Crippen LogP contribution in [-0.2, 0) is 21.1 Å². The number of hydrogen-bond donors (Lipinski definition) is 2. The van der Waals surface area contributed by atoms with Gasteiger partial charge in [0.2, 0.25) is 0 Å². The topological polar surface area (TPSA) is 113 Å². The van der Waals surface area contributed by atoms with Gasteiger partial charge in [-0.3, -0.25) is 4.98 Å². The van der Waals surface area contributed by atoms with E-state index in [2.05, 4.69) is 22.8 Å². The minimum absolute atomic E-state index is 0. The molecule has 0 spiro atoms. The number of anilines is 1. The zero-order valence-electron chi connectivity index (χ0n) is 17.7. The standard InChI is InChI=1S/C8H17N.C6H8N3.C2H6N2.C2H6.CH3.Pt.U/c1-7(9)8-5-3-2-4-6-8;1-7-9-6-2-4-8-5-3-6;3-1-2-4;1-2;;;/h7-8H,2-6,9H2,1H3;2-5H,1H3,(H,8,9);3-4H,1-2H2;1-2H3;1H3;;/q;-1;-2;;-1;;. The number of pyridine rings is 1. The van der Waals surface area contributed by atoms with E-state index in [9.17, 15) is 0 Å². The predicted molar refractivity (Wildman–Crippen MR) is 114 cm³/mol. The molecule has 1 saturated carbocycles. The van der Waals surface area contributed by atoms with E-state index in [4.69, 9.17) is 17.2 Å². The Morgan fingerprint density at radius 3 is 1.89 bits per heavy atom. The molecule has 1 heterocycles. The van der Waals surface area contributed by atoms with Crippen molar-refractivity contribution >= 4 is 5.69 Å². The maximum absolute atomic E-state index is 6.26. The van der Waals surface area contributed by atoms with E-state index in [1.54, 1.807) is 19.4 Å². The van der Waals surface area contributed by atoms with Crippen molar-refractivity contribution in [3.63, 3.8) is 0 Å². The smallest absolute Gasteiger partial charge is 0.0287 e. The number of nitrogens with two attached hydrogens (primary N) is 1. The molecule has 1 unspecified atom stereocenters. The Morgan fingerprint density at radius 1 is 1.15 bits per heavy atom. The largest absolute Gasteiger partial charge is 0.679 e. The molecule has 0 aromatic carbocycles. The molecule has 1 atom stereocenters. The van der Waals surface area contributed by atoms with Crippen molar-refractivity contribution in [2.45, 2.75) is 58.9 Å². The van der Waals surface area contributed by atoms with Gasteiger partial charge in [-0.05, 0) is 37.8 Å². The zero-order chi connectivity index (χ0) is 18.6. The third-order valence-electron chi connectivity index (χ3n) is 3.44. The van der Waals surface area contributed by atoms with Crippen molar-refractivity contribution in [3.8, 4) is 0 Å². The van der Waals surface area contributed by atoms with Crippen molar-refractivity contribution in [1.82, 2.24) is 4.98 Å². The van der Waals surface area contributed by atoms with Crippen LogP contribution in [0.5, 0.6) is 0 Å². The molecule has 1 aromatic heterocycles. The Hall–Kier alpha value is 0.530. The van der Waals surface area contributed by atoms with Crippen LogP contribution in [0.4, 0.5) is 5.69 Å². The number of nitrogens with zero attached hydrogens (tertiary/aromatic N) is 2. The van der Waals surface area contributed by atoms with Crippen LogP contribution in [0.25, 0.3) is 16.9 Å². The second-order valence-corrected chi connectivity index (χ2v) is 5.33. The minimum Gasteiger partial charge on any atom is -0.679 e.